The van der Waals surface area contributed by atoms with Crippen molar-refractivity contribution in [2.24, 2.45) is 0 Å². The predicted molar refractivity (Wildman–Crippen MR) is 129 cm³/mol. The third-order valence-electron chi connectivity index (χ3n) is 4.92. The Morgan fingerprint density at radius 1 is 0.906 bits per heavy atom. The molecule has 0 N–H and O–H groups in total. The first kappa shape index (κ1) is 23.4. The van der Waals surface area contributed by atoms with Gasteiger partial charge in [0.1, 0.15) is 6.54 Å². The number of carbonyl (C=O) groups is 2. The van der Waals surface area contributed by atoms with E-state index in [-0.39, 0.29) is 18.4 Å². The van der Waals surface area contributed by atoms with E-state index in [2.05, 4.69) is 0 Å². The molecule has 166 valence electrons. The molecule has 5 nitrogen and oxygen atoms in total. The standard InChI is InChI=1S/C26H28N2O3S/c1-31-17-16-27(25(29)15-14-22-9-4-2-5-10-22)21-26(30)28(20-24-13-8-18-32-24)19-23-11-6-3-7-12-23/h2-15,18H,16-17,19-21H2,1H3. The molecule has 0 spiro atoms. The van der Waals surface area contributed by atoms with Gasteiger partial charge in [0.05, 0.1) is 13.2 Å². The fraction of sp³-hybridized carbons (Fsp3) is 0.231. The summed E-state index contributed by atoms with van der Waals surface area (Å²) in [6.45, 7) is 1.71. The largest absolute Gasteiger partial charge is 0.383 e. The predicted octanol–water partition coefficient (Wildman–Crippen LogP) is 4.47. The molecule has 3 aromatic rings. The third-order valence-corrected chi connectivity index (χ3v) is 5.78. The summed E-state index contributed by atoms with van der Waals surface area (Å²) in [7, 11) is 1.59. The molecule has 0 saturated heterocycles. The van der Waals surface area contributed by atoms with Gasteiger partial charge in [0.2, 0.25) is 11.8 Å². The second-order valence-electron chi connectivity index (χ2n) is 7.31. The van der Waals surface area contributed by atoms with Gasteiger partial charge < -0.3 is 14.5 Å². The lowest BCUT2D eigenvalue weighted by Crippen LogP contribution is -2.43. The van der Waals surface area contributed by atoms with Crippen molar-refractivity contribution in [2.45, 2.75) is 13.1 Å². The van der Waals surface area contributed by atoms with Gasteiger partial charge in [0, 0.05) is 31.2 Å². The van der Waals surface area contributed by atoms with Crippen molar-refractivity contribution in [3.8, 4) is 0 Å². The van der Waals surface area contributed by atoms with Crippen LogP contribution in [0.4, 0.5) is 0 Å². The number of hydrogen-bond donors (Lipinski definition) is 0. The van der Waals surface area contributed by atoms with Gasteiger partial charge in [-0.2, -0.15) is 0 Å². The molecule has 0 radical (unpaired) electrons. The van der Waals surface area contributed by atoms with E-state index in [1.807, 2.05) is 78.2 Å². The molecule has 0 fully saturated rings. The van der Waals surface area contributed by atoms with Crippen molar-refractivity contribution in [2.75, 3.05) is 26.8 Å². The van der Waals surface area contributed by atoms with Crippen molar-refractivity contribution < 1.29 is 14.3 Å². The second-order valence-corrected chi connectivity index (χ2v) is 8.34. The quantitative estimate of drug-likeness (QED) is 0.407. The van der Waals surface area contributed by atoms with E-state index in [1.165, 1.54) is 11.0 Å². The van der Waals surface area contributed by atoms with Crippen LogP contribution in [0, 0.1) is 0 Å². The maximum Gasteiger partial charge on any atom is 0.247 e. The average Bonchev–Trinajstić information content (AvgIpc) is 3.34. The Kier molecular flexibility index (Phi) is 9.22. The topological polar surface area (TPSA) is 49.9 Å². The highest BCUT2D eigenvalue weighted by Gasteiger charge is 2.21. The van der Waals surface area contributed by atoms with E-state index >= 15 is 0 Å². The highest BCUT2D eigenvalue weighted by atomic mass is 32.1. The molecule has 2 aromatic carbocycles. The average molecular weight is 449 g/mol. The van der Waals surface area contributed by atoms with Crippen LogP contribution >= 0.6 is 11.3 Å². The summed E-state index contributed by atoms with van der Waals surface area (Å²) in [6, 6.07) is 23.5. The Hall–Kier alpha value is -3.22. The maximum absolute atomic E-state index is 13.3. The fourth-order valence-corrected chi connectivity index (χ4v) is 3.92. The number of benzene rings is 2. The van der Waals surface area contributed by atoms with Crippen LogP contribution in [0.15, 0.2) is 84.3 Å². The summed E-state index contributed by atoms with van der Waals surface area (Å²) in [5.41, 5.74) is 1.98. The minimum absolute atomic E-state index is 0.000464. The Morgan fingerprint density at radius 3 is 2.28 bits per heavy atom. The summed E-state index contributed by atoms with van der Waals surface area (Å²) in [6.07, 6.45) is 3.28. The number of hydrogen-bond acceptors (Lipinski definition) is 4. The molecule has 3 rings (SSSR count). The van der Waals surface area contributed by atoms with Crippen LogP contribution in [-0.2, 0) is 27.4 Å². The highest BCUT2D eigenvalue weighted by Crippen LogP contribution is 2.15. The summed E-state index contributed by atoms with van der Waals surface area (Å²) >= 11 is 1.62. The lowest BCUT2D eigenvalue weighted by molar-refractivity contribution is -0.139. The van der Waals surface area contributed by atoms with Crippen LogP contribution in [0.25, 0.3) is 6.08 Å². The molecule has 0 saturated carbocycles. The van der Waals surface area contributed by atoms with Gasteiger partial charge >= 0.3 is 0 Å². The molecule has 0 bridgehead atoms. The van der Waals surface area contributed by atoms with Crippen LogP contribution in [0.5, 0.6) is 0 Å². The zero-order valence-corrected chi connectivity index (χ0v) is 19.0. The maximum atomic E-state index is 13.3. The third kappa shape index (κ3) is 7.48. The van der Waals surface area contributed by atoms with Gasteiger partial charge in [-0.1, -0.05) is 66.7 Å². The number of thiophene rings is 1. The molecule has 0 aliphatic carbocycles. The fourth-order valence-electron chi connectivity index (χ4n) is 3.20. The van der Waals surface area contributed by atoms with E-state index in [4.69, 9.17) is 4.74 Å². The smallest absolute Gasteiger partial charge is 0.247 e. The highest BCUT2D eigenvalue weighted by molar-refractivity contribution is 7.09. The summed E-state index contributed by atoms with van der Waals surface area (Å²) in [4.78, 5) is 30.6. The van der Waals surface area contributed by atoms with Gasteiger partial charge in [0.25, 0.3) is 0 Å². The van der Waals surface area contributed by atoms with E-state index in [9.17, 15) is 9.59 Å². The zero-order valence-electron chi connectivity index (χ0n) is 18.2. The van der Waals surface area contributed by atoms with Gasteiger partial charge in [-0.15, -0.1) is 11.3 Å². The molecular formula is C26H28N2O3S. The molecule has 0 unspecified atom stereocenters. The number of methoxy groups -OCH3 is 1. The van der Waals surface area contributed by atoms with Crippen LogP contribution in [-0.4, -0.2) is 48.4 Å². The van der Waals surface area contributed by atoms with E-state index in [1.54, 1.807) is 29.4 Å². The van der Waals surface area contributed by atoms with Crippen molar-refractivity contribution >= 4 is 29.2 Å². The van der Waals surface area contributed by atoms with Crippen molar-refractivity contribution in [1.29, 1.82) is 0 Å². The molecule has 32 heavy (non-hydrogen) atoms. The molecule has 1 heterocycles. The zero-order chi connectivity index (χ0) is 22.6. The van der Waals surface area contributed by atoms with Crippen molar-refractivity contribution in [3.63, 3.8) is 0 Å². The Balaban J connectivity index is 1.72. The van der Waals surface area contributed by atoms with Crippen LogP contribution in [0.1, 0.15) is 16.0 Å². The molecule has 2 amide bonds. The Bertz CT molecular complexity index is 988. The minimum Gasteiger partial charge on any atom is -0.383 e. The first-order chi connectivity index (χ1) is 15.7. The lowest BCUT2D eigenvalue weighted by Gasteiger charge is -2.27. The summed E-state index contributed by atoms with van der Waals surface area (Å²) < 4.78 is 5.17. The first-order valence-corrected chi connectivity index (χ1v) is 11.4. The molecule has 1 aromatic heterocycles. The number of rotatable bonds is 11. The lowest BCUT2D eigenvalue weighted by atomic mass is 10.2. The number of ether oxygens (including phenoxy) is 1. The van der Waals surface area contributed by atoms with Crippen LogP contribution in [0.3, 0.4) is 0 Å². The number of carbonyl (C=O) groups excluding carboxylic acids is 2. The number of nitrogens with zero attached hydrogens (tertiary/aromatic N) is 2. The van der Waals surface area contributed by atoms with Gasteiger partial charge in [-0.3, -0.25) is 9.59 Å². The molecule has 0 atom stereocenters. The minimum atomic E-state index is -0.213. The molecule has 0 aliphatic heterocycles. The normalized spacial score (nSPS) is 10.9. The number of amides is 2. The van der Waals surface area contributed by atoms with Crippen molar-refractivity contribution in [1.82, 2.24) is 9.80 Å². The summed E-state index contributed by atoms with van der Waals surface area (Å²) in [5, 5.41) is 2.00. The Morgan fingerprint density at radius 2 is 1.62 bits per heavy atom. The van der Waals surface area contributed by atoms with E-state index < -0.39 is 0 Å². The second kappa shape index (κ2) is 12.6. The SMILES string of the molecule is COCCN(CC(=O)N(Cc1ccccc1)Cc1cccs1)C(=O)C=Cc1ccccc1. The van der Waals surface area contributed by atoms with Gasteiger partial charge in [0.15, 0.2) is 0 Å². The monoisotopic (exact) mass is 448 g/mol. The molecule has 6 heteroatoms. The Labute approximate surface area is 193 Å². The van der Waals surface area contributed by atoms with Crippen LogP contribution < -0.4 is 0 Å². The van der Waals surface area contributed by atoms with Crippen molar-refractivity contribution in [3.05, 3.63) is 100 Å². The van der Waals surface area contributed by atoms with Gasteiger partial charge in [-0.25, -0.2) is 0 Å². The van der Waals surface area contributed by atoms with E-state index in [0.717, 1.165) is 16.0 Å². The van der Waals surface area contributed by atoms with Gasteiger partial charge in [-0.05, 0) is 28.6 Å². The van der Waals surface area contributed by atoms with Crippen LogP contribution in [0.2, 0.25) is 0 Å². The van der Waals surface area contributed by atoms with E-state index in [0.29, 0.717) is 26.2 Å². The summed E-state index contributed by atoms with van der Waals surface area (Å²) in [5.74, 6) is -0.310. The first-order valence-electron chi connectivity index (χ1n) is 10.5. The molecule has 0 aliphatic rings. The molecular weight excluding hydrogens is 420 g/mol.